The summed E-state index contributed by atoms with van der Waals surface area (Å²) in [6, 6.07) is 6.77. The van der Waals surface area contributed by atoms with Gasteiger partial charge < -0.3 is 10.4 Å². The molecule has 0 saturated carbocycles. The molecule has 0 heterocycles. The van der Waals surface area contributed by atoms with Gasteiger partial charge in [0.2, 0.25) is 0 Å². The number of thioether (sulfide) groups is 1. The summed E-state index contributed by atoms with van der Waals surface area (Å²) in [7, 11) is 1.89. The van der Waals surface area contributed by atoms with Crippen molar-refractivity contribution in [2.75, 3.05) is 19.4 Å². The maximum atomic E-state index is 9.04. The molecular weight excluding hydrogens is 218 g/mol. The van der Waals surface area contributed by atoms with Gasteiger partial charge in [-0.25, -0.2) is 0 Å². The van der Waals surface area contributed by atoms with E-state index in [-0.39, 0.29) is 12.6 Å². The highest BCUT2D eigenvalue weighted by atomic mass is 32.2. The maximum Gasteiger partial charge on any atom is 0.0584 e. The van der Waals surface area contributed by atoms with Crippen LogP contribution in [0.15, 0.2) is 23.1 Å². The Labute approximate surface area is 102 Å². The molecule has 90 valence electrons. The zero-order valence-electron chi connectivity index (χ0n) is 10.3. The van der Waals surface area contributed by atoms with Crippen molar-refractivity contribution in [1.82, 2.24) is 5.32 Å². The fraction of sp³-hybridized carbons (Fsp3) is 0.538. The lowest BCUT2D eigenvalue weighted by Crippen LogP contribution is -2.29. The molecule has 0 aliphatic heterocycles. The summed E-state index contributed by atoms with van der Waals surface area (Å²) in [6.07, 6.45) is 0.991. The molecule has 1 aromatic carbocycles. The van der Waals surface area contributed by atoms with Crippen molar-refractivity contribution >= 4 is 11.8 Å². The number of nitrogens with one attached hydrogen (secondary N) is 1. The van der Waals surface area contributed by atoms with Gasteiger partial charge >= 0.3 is 0 Å². The van der Waals surface area contributed by atoms with E-state index in [1.54, 1.807) is 0 Å². The second-order valence-corrected chi connectivity index (χ2v) is 5.21. The molecular formula is C13H21NOS. The van der Waals surface area contributed by atoms with E-state index in [4.69, 9.17) is 5.11 Å². The molecule has 0 amide bonds. The molecule has 1 aromatic rings. The first-order chi connectivity index (χ1) is 7.67. The molecule has 0 spiro atoms. The van der Waals surface area contributed by atoms with E-state index in [1.807, 2.05) is 18.8 Å². The third-order valence-electron chi connectivity index (χ3n) is 2.68. The van der Waals surface area contributed by atoms with Gasteiger partial charge in [0.25, 0.3) is 0 Å². The average Bonchev–Trinajstić information content (AvgIpc) is 2.27. The number of aliphatic hydroxyl groups is 1. The summed E-state index contributed by atoms with van der Waals surface area (Å²) in [6.45, 7) is 4.48. The molecule has 0 aliphatic carbocycles. The van der Waals surface area contributed by atoms with Crippen molar-refractivity contribution in [1.29, 1.82) is 0 Å². The lowest BCUT2D eigenvalue weighted by Gasteiger charge is -2.13. The van der Waals surface area contributed by atoms with Crippen LogP contribution < -0.4 is 5.32 Å². The maximum absolute atomic E-state index is 9.04. The molecule has 0 fully saturated rings. The highest BCUT2D eigenvalue weighted by Gasteiger charge is 2.05. The van der Waals surface area contributed by atoms with Crippen LogP contribution in [0.25, 0.3) is 0 Å². The molecule has 0 aliphatic rings. The van der Waals surface area contributed by atoms with Gasteiger partial charge in [-0.3, -0.25) is 0 Å². The third kappa shape index (κ3) is 4.16. The van der Waals surface area contributed by atoms with E-state index in [0.717, 1.165) is 12.2 Å². The summed E-state index contributed by atoms with van der Waals surface area (Å²) in [5.41, 5.74) is 2.65. The van der Waals surface area contributed by atoms with Gasteiger partial charge in [-0.05, 0) is 44.7 Å². The molecule has 3 heteroatoms. The van der Waals surface area contributed by atoms with Crippen LogP contribution in [0.1, 0.15) is 17.5 Å². The monoisotopic (exact) mass is 239 g/mol. The molecule has 1 unspecified atom stereocenters. The van der Waals surface area contributed by atoms with E-state index >= 15 is 0 Å². The molecule has 1 rings (SSSR count). The Kier molecular flexibility index (Phi) is 5.88. The smallest absolute Gasteiger partial charge is 0.0584 e. The van der Waals surface area contributed by atoms with Crippen molar-refractivity contribution in [2.24, 2.45) is 0 Å². The predicted octanol–water partition coefficient (Wildman–Crippen LogP) is 2.37. The molecule has 0 aromatic heterocycles. The zero-order valence-corrected chi connectivity index (χ0v) is 11.1. The van der Waals surface area contributed by atoms with E-state index in [2.05, 4.69) is 37.4 Å². The van der Waals surface area contributed by atoms with Crippen molar-refractivity contribution in [3.8, 4) is 0 Å². The van der Waals surface area contributed by atoms with E-state index in [9.17, 15) is 0 Å². The first-order valence-corrected chi connectivity index (χ1v) is 6.64. The van der Waals surface area contributed by atoms with E-state index < -0.39 is 0 Å². The minimum absolute atomic E-state index is 0.212. The SMILES string of the molecule is CNC(CO)CCSc1ccc(C)cc1C. The van der Waals surface area contributed by atoms with Gasteiger partial charge in [0.05, 0.1) is 6.61 Å². The fourth-order valence-corrected chi connectivity index (χ4v) is 2.67. The van der Waals surface area contributed by atoms with Crippen molar-refractivity contribution in [3.05, 3.63) is 29.3 Å². The molecule has 2 nitrogen and oxygen atoms in total. The molecule has 16 heavy (non-hydrogen) atoms. The van der Waals surface area contributed by atoms with Crippen molar-refractivity contribution in [3.63, 3.8) is 0 Å². The molecule has 0 radical (unpaired) electrons. The quantitative estimate of drug-likeness (QED) is 0.748. The predicted molar refractivity (Wildman–Crippen MR) is 71.2 cm³/mol. The molecule has 1 atom stereocenters. The van der Waals surface area contributed by atoms with Crippen LogP contribution in [0.3, 0.4) is 0 Å². The molecule has 0 bridgehead atoms. The van der Waals surface area contributed by atoms with Crippen LogP contribution in [-0.2, 0) is 0 Å². The van der Waals surface area contributed by atoms with Gasteiger partial charge in [0.1, 0.15) is 0 Å². The highest BCUT2D eigenvalue weighted by molar-refractivity contribution is 7.99. The van der Waals surface area contributed by atoms with Crippen LogP contribution in [0.4, 0.5) is 0 Å². The van der Waals surface area contributed by atoms with Gasteiger partial charge in [0.15, 0.2) is 0 Å². The highest BCUT2D eigenvalue weighted by Crippen LogP contribution is 2.24. The Balaban J connectivity index is 2.42. The largest absolute Gasteiger partial charge is 0.395 e. The molecule has 2 N–H and O–H groups in total. The second kappa shape index (κ2) is 6.94. The lowest BCUT2D eigenvalue weighted by molar-refractivity contribution is 0.246. The van der Waals surface area contributed by atoms with E-state index in [1.165, 1.54) is 16.0 Å². The zero-order chi connectivity index (χ0) is 12.0. The first kappa shape index (κ1) is 13.6. The second-order valence-electron chi connectivity index (χ2n) is 4.07. The van der Waals surface area contributed by atoms with Crippen LogP contribution in [0, 0.1) is 13.8 Å². The topological polar surface area (TPSA) is 32.3 Å². The average molecular weight is 239 g/mol. The van der Waals surface area contributed by atoms with Crippen molar-refractivity contribution in [2.45, 2.75) is 31.2 Å². The van der Waals surface area contributed by atoms with Crippen LogP contribution in [-0.4, -0.2) is 30.6 Å². The minimum Gasteiger partial charge on any atom is -0.395 e. The summed E-state index contributed by atoms with van der Waals surface area (Å²) in [5, 5.41) is 12.1. The number of hydrogen-bond acceptors (Lipinski definition) is 3. The lowest BCUT2D eigenvalue weighted by atomic mass is 10.2. The Morgan fingerprint density at radius 3 is 2.69 bits per heavy atom. The van der Waals surface area contributed by atoms with Crippen LogP contribution >= 0.6 is 11.8 Å². The Morgan fingerprint density at radius 1 is 1.38 bits per heavy atom. The summed E-state index contributed by atoms with van der Waals surface area (Å²) < 4.78 is 0. The number of rotatable bonds is 6. The summed E-state index contributed by atoms with van der Waals surface area (Å²) in [4.78, 5) is 1.35. The van der Waals surface area contributed by atoms with Crippen LogP contribution in [0.2, 0.25) is 0 Å². The fourth-order valence-electron chi connectivity index (χ4n) is 1.60. The summed E-state index contributed by atoms with van der Waals surface area (Å²) in [5.74, 6) is 1.04. The number of aryl methyl sites for hydroxylation is 2. The third-order valence-corrected chi connectivity index (χ3v) is 3.89. The van der Waals surface area contributed by atoms with Gasteiger partial charge in [-0.1, -0.05) is 17.7 Å². The molecule has 0 saturated heterocycles. The number of aliphatic hydroxyl groups excluding tert-OH is 1. The number of likely N-dealkylation sites (N-methyl/N-ethyl adjacent to an activating group) is 1. The van der Waals surface area contributed by atoms with Gasteiger partial charge in [0, 0.05) is 10.9 Å². The van der Waals surface area contributed by atoms with E-state index in [0.29, 0.717) is 0 Å². The first-order valence-electron chi connectivity index (χ1n) is 5.65. The Bertz CT molecular complexity index is 324. The minimum atomic E-state index is 0.212. The van der Waals surface area contributed by atoms with Crippen molar-refractivity contribution < 1.29 is 5.11 Å². The Morgan fingerprint density at radius 2 is 2.12 bits per heavy atom. The normalized spacial score (nSPS) is 12.8. The standard InChI is InChI=1S/C13H21NOS/c1-10-4-5-13(11(2)8-10)16-7-6-12(9-15)14-3/h4-5,8,12,14-15H,6-7,9H2,1-3H3. The van der Waals surface area contributed by atoms with Gasteiger partial charge in [-0.15, -0.1) is 11.8 Å². The van der Waals surface area contributed by atoms with Crippen LogP contribution in [0.5, 0.6) is 0 Å². The van der Waals surface area contributed by atoms with Gasteiger partial charge in [-0.2, -0.15) is 0 Å². The number of hydrogen-bond donors (Lipinski definition) is 2. The number of benzene rings is 1. The summed E-state index contributed by atoms with van der Waals surface area (Å²) >= 11 is 1.86. The Hall–Kier alpha value is -0.510.